The third-order valence-corrected chi connectivity index (χ3v) is 5.20. The minimum absolute atomic E-state index is 0.0334. The summed E-state index contributed by atoms with van der Waals surface area (Å²) in [6, 6.07) is 11.8. The van der Waals surface area contributed by atoms with Gasteiger partial charge in [0, 0.05) is 15.5 Å². The smallest absolute Gasteiger partial charge is 0.123 e. The highest BCUT2D eigenvalue weighted by Crippen LogP contribution is 2.40. The van der Waals surface area contributed by atoms with Gasteiger partial charge in [-0.05, 0) is 51.3 Å². The highest BCUT2D eigenvalue weighted by atomic mass is 79.9. The van der Waals surface area contributed by atoms with Crippen LogP contribution >= 0.6 is 27.5 Å². The topological polar surface area (TPSA) is 35.2 Å². The Balaban J connectivity index is 1.99. The van der Waals surface area contributed by atoms with Crippen molar-refractivity contribution in [1.82, 2.24) is 0 Å². The van der Waals surface area contributed by atoms with Crippen LogP contribution in [0.1, 0.15) is 36.6 Å². The van der Waals surface area contributed by atoms with Gasteiger partial charge >= 0.3 is 0 Å². The Hall–Kier alpha value is -1.03. The summed E-state index contributed by atoms with van der Waals surface area (Å²) in [4.78, 5) is 0. The van der Waals surface area contributed by atoms with Crippen LogP contribution in [0.2, 0.25) is 5.02 Å². The molecule has 0 fully saturated rings. The zero-order valence-corrected chi connectivity index (χ0v) is 14.3. The predicted molar refractivity (Wildman–Crippen MR) is 90.1 cm³/mol. The molecule has 1 aliphatic heterocycles. The lowest BCUT2D eigenvalue weighted by molar-refractivity contribution is 0.291. The first-order valence-electron chi connectivity index (χ1n) is 6.86. The molecular formula is C17H17BrClNO. The molecule has 0 aromatic heterocycles. The molecule has 21 heavy (non-hydrogen) atoms. The van der Waals surface area contributed by atoms with Gasteiger partial charge in [0.15, 0.2) is 0 Å². The van der Waals surface area contributed by atoms with Gasteiger partial charge in [-0.3, -0.25) is 0 Å². The molecule has 0 spiro atoms. The van der Waals surface area contributed by atoms with E-state index in [1.54, 1.807) is 0 Å². The summed E-state index contributed by atoms with van der Waals surface area (Å²) in [5, 5.41) is 0.689. The van der Waals surface area contributed by atoms with E-state index in [1.807, 2.05) is 30.3 Å². The number of halogens is 2. The van der Waals surface area contributed by atoms with Crippen molar-refractivity contribution in [2.75, 3.05) is 6.61 Å². The van der Waals surface area contributed by atoms with Crippen LogP contribution in [0.25, 0.3) is 0 Å². The Morgan fingerprint density at radius 3 is 2.57 bits per heavy atom. The van der Waals surface area contributed by atoms with Crippen LogP contribution < -0.4 is 10.5 Å². The van der Waals surface area contributed by atoms with E-state index in [1.165, 1.54) is 5.56 Å². The van der Waals surface area contributed by atoms with E-state index >= 15 is 0 Å². The molecule has 1 unspecified atom stereocenters. The Morgan fingerprint density at radius 1 is 1.19 bits per heavy atom. The maximum Gasteiger partial charge on any atom is 0.123 e. The fourth-order valence-corrected chi connectivity index (χ4v) is 3.14. The van der Waals surface area contributed by atoms with Gasteiger partial charge in [0.1, 0.15) is 5.75 Å². The van der Waals surface area contributed by atoms with Crippen molar-refractivity contribution >= 4 is 27.5 Å². The van der Waals surface area contributed by atoms with Crippen molar-refractivity contribution in [3.8, 4) is 5.75 Å². The number of nitrogens with two attached hydrogens (primary N) is 1. The summed E-state index contributed by atoms with van der Waals surface area (Å²) < 4.78 is 6.59. The molecule has 0 saturated heterocycles. The molecule has 2 nitrogen and oxygen atoms in total. The van der Waals surface area contributed by atoms with Crippen LogP contribution in [0.15, 0.2) is 40.9 Å². The van der Waals surface area contributed by atoms with Crippen LogP contribution in [-0.4, -0.2) is 6.61 Å². The molecule has 2 aromatic carbocycles. The zero-order chi connectivity index (χ0) is 15.2. The normalized spacial score (nSPS) is 17.2. The lowest BCUT2D eigenvalue weighted by atomic mass is 9.85. The Morgan fingerprint density at radius 2 is 1.86 bits per heavy atom. The predicted octanol–water partition coefficient (Wildman–Crippen LogP) is 4.82. The number of fused-ring (bicyclic) bond motifs is 1. The molecule has 1 aliphatic rings. The molecule has 3 rings (SSSR count). The fraction of sp³-hybridized carbons (Fsp3) is 0.294. The zero-order valence-electron chi connectivity index (χ0n) is 12.0. The number of rotatable bonds is 2. The maximum absolute atomic E-state index is 6.41. The first-order valence-corrected chi connectivity index (χ1v) is 8.03. The van der Waals surface area contributed by atoms with Crippen molar-refractivity contribution in [1.29, 1.82) is 0 Å². The second-order valence-corrected chi connectivity index (χ2v) is 7.34. The highest BCUT2D eigenvalue weighted by molar-refractivity contribution is 9.10. The lowest BCUT2D eigenvalue weighted by Gasteiger charge is -2.18. The largest absolute Gasteiger partial charge is 0.492 e. The van der Waals surface area contributed by atoms with Crippen molar-refractivity contribution in [2.45, 2.75) is 25.3 Å². The van der Waals surface area contributed by atoms with Gasteiger partial charge in [-0.1, -0.05) is 37.6 Å². The van der Waals surface area contributed by atoms with E-state index in [9.17, 15) is 0 Å². The summed E-state index contributed by atoms with van der Waals surface area (Å²) in [7, 11) is 0. The van der Waals surface area contributed by atoms with Crippen molar-refractivity contribution in [2.24, 2.45) is 5.73 Å². The summed E-state index contributed by atoms with van der Waals surface area (Å²) in [5.74, 6) is 0.966. The molecular weight excluding hydrogens is 350 g/mol. The van der Waals surface area contributed by atoms with Crippen molar-refractivity contribution in [3.63, 3.8) is 0 Å². The van der Waals surface area contributed by atoms with Crippen molar-refractivity contribution < 1.29 is 4.74 Å². The summed E-state index contributed by atoms with van der Waals surface area (Å²) >= 11 is 9.49. The highest BCUT2D eigenvalue weighted by Gasteiger charge is 2.32. The molecule has 1 heterocycles. The van der Waals surface area contributed by atoms with Gasteiger partial charge < -0.3 is 10.5 Å². The van der Waals surface area contributed by atoms with E-state index in [2.05, 4.69) is 35.8 Å². The number of ether oxygens (including phenoxy) is 1. The fourth-order valence-electron chi connectivity index (χ4n) is 2.63. The van der Waals surface area contributed by atoms with Gasteiger partial charge in [0.05, 0.1) is 17.7 Å². The molecule has 0 bridgehead atoms. The minimum Gasteiger partial charge on any atom is -0.492 e. The molecule has 0 saturated carbocycles. The third kappa shape index (κ3) is 2.70. The van der Waals surface area contributed by atoms with Gasteiger partial charge in [-0.25, -0.2) is 0 Å². The Labute approximate surface area is 138 Å². The molecule has 2 aromatic rings. The van der Waals surface area contributed by atoms with Gasteiger partial charge in [0.2, 0.25) is 0 Å². The third-order valence-electron chi connectivity index (χ3n) is 3.98. The van der Waals surface area contributed by atoms with E-state index in [4.69, 9.17) is 22.1 Å². The van der Waals surface area contributed by atoms with Crippen LogP contribution in [0.3, 0.4) is 0 Å². The second kappa shape index (κ2) is 5.31. The van der Waals surface area contributed by atoms with Gasteiger partial charge in [-0.2, -0.15) is 0 Å². The molecule has 1 atom stereocenters. The first kappa shape index (κ1) is 14.9. The monoisotopic (exact) mass is 365 g/mol. The lowest BCUT2D eigenvalue weighted by Crippen LogP contribution is -2.19. The Kier molecular flexibility index (Phi) is 3.76. The summed E-state index contributed by atoms with van der Waals surface area (Å²) in [6.07, 6.45) is 0. The minimum atomic E-state index is -0.180. The van der Waals surface area contributed by atoms with Crippen LogP contribution in [-0.2, 0) is 5.41 Å². The van der Waals surface area contributed by atoms with Gasteiger partial charge in [-0.15, -0.1) is 0 Å². The second-order valence-electron chi connectivity index (χ2n) is 6.08. The van der Waals surface area contributed by atoms with Crippen LogP contribution in [0.4, 0.5) is 0 Å². The van der Waals surface area contributed by atoms with E-state index in [-0.39, 0.29) is 11.5 Å². The molecule has 0 amide bonds. The maximum atomic E-state index is 6.41. The molecule has 0 aliphatic carbocycles. The molecule has 110 valence electrons. The SMILES string of the molecule is CC1(C)COc2ccc(C(N)c3ccc(Cl)c(Br)c3)cc21. The van der Waals surface area contributed by atoms with Gasteiger partial charge in [0.25, 0.3) is 0 Å². The first-order chi connectivity index (χ1) is 9.88. The van der Waals surface area contributed by atoms with Crippen molar-refractivity contribution in [3.05, 3.63) is 62.6 Å². The van der Waals surface area contributed by atoms with E-state index < -0.39 is 0 Å². The van der Waals surface area contributed by atoms with Crippen LogP contribution in [0.5, 0.6) is 5.75 Å². The molecule has 0 radical (unpaired) electrons. The quantitative estimate of drug-likeness (QED) is 0.827. The molecule has 2 N–H and O–H groups in total. The van der Waals surface area contributed by atoms with E-state index in [0.717, 1.165) is 21.3 Å². The number of hydrogen-bond acceptors (Lipinski definition) is 2. The molecule has 4 heteroatoms. The average Bonchev–Trinajstić information content (AvgIpc) is 2.76. The standard InChI is InChI=1S/C17H17BrClNO/c1-17(2)9-21-15-6-4-10(7-12(15)17)16(20)11-3-5-14(19)13(18)8-11/h3-8,16H,9,20H2,1-2H3. The number of hydrogen-bond donors (Lipinski definition) is 1. The number of benzene rings is 2. The van der Waals surface area contributed by atoms with E-state index in [0.29, 0.717) is 11.6 Å². The summed E-state index contributed by atoms with van der Waals surface area (Å²) in [5.41, 5.74) is 9.79. The summed E-state index contributed by atoms with van der Waals surface area (Å²) in [6.45, 7) is 5.09. The Bertz CT molecular complexity index is 699. The average molecular weight is 367 g/mol. The van der Waals surface area contributed by atoms with Crippen LogP contribution in [0, 0.1) is 0 Å².